The predicted molar refractivity (Wildman–Crippen MR) is 70.4 cm³/mol. The summed E-state index contributed by atoms with van der Waals surface area (Å²) in [6, 6.07) is 6.47. The first-order chi connectivity index (χ1) is 7.95. The smallest absolute Gasteiger partial charge is 0.210 e. The molecule has 2 rings (SSSR count). The highest BCUT2D eigenvalue weighted by Gasteiger charge is 2.07. The van der Waals surface area contributed by atoms with Gasteiger partial charge in [0.2, 0.25) is 5.13 Å². The van der Waals surface area contributed by atoms with E-state index in [9.17, 15) is 8.42 Å². The van der Waals surface area contributed by atoms with Crippen LogP contribution in [0.4, 0.5) is 10.8 Å². The molecule has 0 spiro atoms. The molecule has 2 aromatic rings. The maximum atomic E-state index is 11.3. The van der Waals surface area contributed by atoms with Crippen LogP contribution >= 0.6 is 27.3 Å². The molecule has 1 N–H and O–H groups in total. The lowest BCUT2D eigenvalue weighted by Gasteiger charge is -2.02. The minimum atomic E-state index is -3.15. The highest BCUT2D eigenvalue weighted by atomic mass is 79.9. The molecule has 5 nitrogen and oxygen atoms in total. The van der Waals surface area contributed by atoms with E-state index in [4.69, 9.17) is 0 Å². The van der Waals surface area contributed by atoms with Gasteiger partial charge in [0.1, 0.15) is 0 Å². The lowest BCUT2D eigenvalue weighted by molar-refractivity contribution is 0.602. The fraction of sp³-hybridized carbons (Fsp3) is 0.111. The van der Waals surface area contributed by atoms with Gasteiger partial charge in [0, 0.05) is 11.9 Å². The zero-order valence-electron chi connectivity index (χ0n) is 8.71. The van der Waals surface area contributed by atoms with Gasteiger partial charge in [-0.2, -0.15) is 0 Å². The van der Waals surface area contributed by atoms with Crippen molar-refractivity contribution in [1.29, 1.82) is 0 Å². The summed E-state index contributed by atoms with van der Waals surface area (Å²) in [5.41, 5.74) is 0.765. The maximum Gasteiger partial charge on any atom is 0.210 e. The van der Waals surface area contributed by atoms with E-state index in [2.05, 4.69) is 31.4 Å². The Morgan fingerprint density at radius 2 is 1.88 bits per heavy atom. The molecule has 0 unspecified atom stereocenters. The van der Waals surface area contributed by atoms with Crippen molar-refractivity contribution in [1.82, 2.24) is 10.2 Å². The molecule has 1 aromatic heterocycles. The summed E-state index contributed by atoms with van der Waals surface area (Å²) in [4.78, 5) is 0.293. The summed E-state index contributed by atoms with van der Waals surface area (Å²) in [5.74, 6) is 0. The van der Waals surface area contributed by atoms with Gasteiger partial charge in [-0.05, 0) is 40.2 Å². The standard InChI is InChI=1S/C9H8BrN3O2S2/c1-17(14,15)7-4-2-6(3-5-7)11-9-13-12-8(10)16-9/h2-5H,1H3,(H,11,13). The molecule has 90 valence electrons. The Kier molecular flexibility index (Phi) is 3.45. The van der Waals surface area contributed by atoms with Crippen LogP contribution in [0, 0.1) is 0 Å². The zero-order valence-corrected chi connectivity index (χ0v) is 11.9. The number of nitrogens with one attached hydrogen (secondary N) is 1. The molecule has 0 radical (unpaired) electrons. The molecule has 0 fully saturated rings. The molecular weight excluding hydrogens is 326 g/mol. The highest BCUT2D eigenvalue weighted by Crippen LogP contribution is 2.24. The van der Waals surface area contributed by atoms with E-state index in [-0.39, 0.29) is 0 Å². The van der Waals surface area contributed by atoms with Crippen LogP contribution in [0.15, 0.2) is 33.1 Å². The molecule has 8 heteroatoms. The van der Waals surface area contributed by atoms with Crippen molar-refractivity contribution in [3.8, 4) is 0 Å². The second kappa shape index (κ2) is 4.71. The first-order valence-corrected chi connectivity index (χ1v) is 8.01. The van der Waals surface area contributed by atoms with Gasteiger partial charge in [0.15, 0.2) is 13.8 Å². The molecule has 0 atom stereocenters. The van der Waals surface area contributed by atoms with Gasteiger partial charge in [-0.15, -0.1) is 10.2 Å². The Balaban J connectivity index is 2.19. The second-order valence-corrected chi connectivity index (χ2v) is 7.55. The Labute approximate surface area is 111 Å². The van der Waals surface area contributed by atoms with Crippen molar-refractivity contribution in [3.63, 3.8) is 0 Å². The van der Waals surface area contributed by atoms with Crippen molar-refractivity contribution in [3.05, 3.63) is 28.2 Å². The number of aromatic nitrogens is 2. The van der Waals surface area contributed by atoms with Gasteiger partial charge in [0.05, 0.1) is 4.90 Å². The second-order valence-electron chi connectivity index (χ2n) is 3.28. The van der Waals surface area contributed by atoms with E-state index in [0.717, 1.165) is 5.69 Å². The third kappa shape index (κ3) is 3.24. The molecule has 0 aliphatic rings. The third-order valence-corrected chi connectivity index (χ3v) is 4.33. The summed E-state index contributed by atoms with van der Waals surface area (Å²) in [7, 11) is -3.15. The molecule has 17 heavy (non-hydrogen) atoms. The lowest BCUT2D eigenvalue weighted by atomic mass is 10.3. The molecule has 0 amide bonds. The zero-order chi connectivity index (χ0) is 12.5. The van der Waals surface area contributed by atoms with Crippen molar-refractivity contribution >= 4 is 47.9 Å². The predicted octanol–water partition coefficient (Wildman–Crippen LogP) is 2.45. The molecular formula is C9H8BrN3O2S2. The fourth-order valence-corrected chi connectivity index (χ4v) is 2.83. The van der Waals surface area contributed by atoms with Crippen LogP contribution in [0.1, 0.15) is 0 Å². The number of hydrogen-bond acceptors (Lipinski definition) is 6. The van der Waals surface area contributed by atoms with E-state index in [0.29, 0.717) is 13.9 Å². The normalized spacial score (nSPS) is 11.4. The molecule has 0 saturated heterocycles. The van der Waals surface area contributed by atoms with Crippen molar-refractivity contribution < 1.29 is 8.42 Å². The van der Waals surface area contributed by atoms with Gasteiger partial charge >= 0.3 is 0 Å². The number of halogens is 1. The van der Waals surface area contributed by atoms with Crippen LogP contribution in [-0.4, -0.2) is 24.9 Å². The first kappa shape index (κ1) is 12.5. The summed E-state index contributed by atoms with van der Waals surface area (Å²) in [6.45, 7) is 0. The van der Waals surface area contributed by atoms with Crippen LogP contribution in [0.2, 0.25) is 0 Å². The average molecular weight is 334 g/mol. The highest BCUT2D eigenvalue weighted by molar-refractivity contribution is 9.11. The van der Waals surface area contributed by atoms with E-state index in [1.54, 1.807) is 24.3 Å². The number of anilines is 2. The Bertz CT molecular complexity index is 622. The number of hydrogen-bond donors (Lipinski definition) is 1. The summed E-state index contributed by atoms with van der Waals surface area (Å²) >= 11 is 4.57. The van der Waals surface area contributed by atoms with Crippen LogP contribution < -0.4 is 5.32 Å². The average Bonchev–Trinajstić information content (AvgIpc) is 2.63. The van der Waals surface area contributed by atoms with E-state index in [1.807, 2.05) is 0 Å². The van der Waals surface area contributed by atoms with E-state index < -0.39 is 9.84 Å². The Morgan fingerprint density at radius 3 is 2.35 bits per heavy atom. The van der Waals surface area contributed by atoms with Crippen LogP contribution in [-0.2, 0) is 9.84 Å². The molecule has 0 aliphatic heterocycles. The van der Waals surface area contributed by atoms with Gasteiger partial charge in [-0.1, -0.05) is 11.3 Å². The van der Waals surface area contributed by atoms with Gasteiger partial charge < -0.3 is 5.32 Å². The third-order valence-electron chi connectivity index (χ3n) is 1.93. The van der Waals surface area contributed by atoms with Crippen LogP contribution in [0.3, 0.4) is 0 Å². The molecule has 1 aromatic carbocycles. The number of nitrogens with zero attached hydrogens (tertiary/aromatic N) is 2. The fourth-order valence-electron chi connectivity index (χ4n) is 1.16. The van der Waals surface area contributed by atoms with E-state index >= 15 is 0 Å². The molecule has 1 heterocycles. The van der Waals surface area contributed by atoms with Crippen molar-refractivity contribution in [2.75, 3.05) is 11.6 Å². The minimum absolute atomic E-state index is 0.293. The maximum absolute atomic E-state index is 11.3. The van der Waals surface area contributed by atoms with Crippen LogP contribution in [0.5, 0.6) is 0 Å². The van der Waals surface area contributed by atoms with Gasteiger partial charge in [-0.3, -0.25) is 0 Å². The van der Waals surface area contributed by atoms with E-state index in [1.165, 1.54) is 17.6 Å². The summed E-state index contributed by atoms with van der Waals surface area (Å²) < 4.78 is 23.2. The molecule has 0 bridgehead atoms. The molecule has 0 aliphatic carbocycles. The first-order valence-electron chi connectivity index (χ1n) is 4.51. The van der Waals surface area contributed by atoms with Crippen molar-refractivity contribution in [2.24, 2.45) is 0 Å². The van der Waals surface area contributed by atoms with Gasteiger partial charge in [0.25, 0.3) is 0 Å². The largest absolute Gasteiger partial charge is 0.330 e. The SMILES string of the molecule is CS(=O)(=O)c1ccc(Nc2nnc(Br)s2)cc1. The Hall–Kier alpha value is -0.990. The lowest BCUT2D eigenvalue weighted by Crippen LogP contribution is -1.97. The van der Waals surface area contributed by atoms with Crippen LogP contribution in [0.25, 0.3) is 0 Å². The molecule has 0 saturated carbocycles. The monoisotopic (exact) mass is 333 g/mol. The number of sulfone groups is 1. The summed E-state index contributed by atoms with van der Waals surface area (Å²) in [6.07, 6.45) is 1.18. The minimum Gasteiger partial charge on any atom is -0.330 e. The number of benzene rings is 1. The Morgan fingerprint density at radius 1 is 1.24 bits per heavy atom. The topological polar surface area (TPSA) is 72.0 Å². The van der Waals surface area contributed by atoms with Gasteiger partial charge in [-0.25, -0.2) is 8.42 Å². The van der Waals surface area contributed by atoms with Crippen molar-refractivity contribution in [2.45, 2.75) is 4.90 Å². The summed E-state index contributed by atoms with van der Waals surface area (Å²) in [5, 5.41) is 11.3. The number of rotatable bonds is 3. The quantitative estimate of drug-likeness (QED) is 0.933.